The molecule has 4 aromatic rings. The average molecular weight is 500 g/mol. The van der Waals surface area contributed by atoms with Gasteiger partial charge in [-0.25, -0.2) is 4.79 Å². The van der Waals surface area contributed by atoms with Crippen molar-refractivity contribution in [3.8, 4) is 11.1 Å². The van der Waals surface area contributed by atoms with Crippen LogP contribution >= 0.6 is 0 Å². The molecule has 0 bridgehead atoms. The molecule has 1 aliphatic heterocycles. The molecule has 37 heavy (non-hydrogen) atoms. The highest BCUT2D eigenvalue weighted by atomic mass is 16.4. The van der Waals surface area contributed by atoms with Gasteiger partial charge in [-0.1, -0.05) is 43.2 Å². The van der Waals surface area contributed by atoms with Gasteiger partial charge in [-0.3, -0.25) is 4.79 Å². The standard InChI is InChI=1S/C31H33NO5/c1-18-23-15-25-27(21-9-5-4-6-10-21)20(3)36-29(25)19(2)28(23)37-30(34)24(18)16-26(33)32-14-13-31(35)12-8-7-11-22(31)17-32/h4-6,9-10,15,22,35H,7-8,11-14,16-17H2,1-3H3/t22-,31+/m1/s1. The SMILES string of the molecule is Cc1oc2c(C)c3oc(=O)c(CC(=O)N4CC[C@@]5(O)CCCC[C@@H]5C4)c(C)c3cc2c1-c1ccccc1. The Hall–Kier alpha value is -3.38. The molecule has 3 heterocycles. The molecule has 1 N–H and O–H groups in total. The van der Waals surface area contributed by atoms with E-state index in [1.54, 1.807) is 0 Å². The van der Waals surface area contributed by atoms with Gasteiger partial charge in [0.2, 0.25) is 5.91 Å². The average Bonchev–Trinajstić information content (AvgIpc) is 3.23. The Morgan fingerprint density at radius 1 is 1.03 bits per heavy atom. The normalized spacial score (nSPS) is 21.9. The molecule has 6 heteroatoms. The number of hydrogen-bond donors (Lipinski definition) is 1. The maximum atomic E-state index is 13.4. The second-order valence-corrected chi connectivity index (χ2v) is 11.0. The smallest absolute Gasteiger partial charge is 0.340 e. The molecule has 1 saturated heterocycles. The molecule has 0 radical (unpaired) electrons. The van der Waals surface area contributed by atoms with E-state index in [0.29, 0.717) is 36.2 Å². The second-order valence-electron chi connectivity index (χ2n) is 11.0. The molecule has 2 atom stereocenters. The number of aryl methyl sites for hydroxylation is 3. The van der Waals surface area contributed by atoms with Crippen molar-refractivity contribution in [1.82, 2.24) is 4.90 Å². The van der Waals surface area contributed by atoms with Crippen LogP contribution in [0.3, 0.4) is 0 Å². The number of piperidine rings is 1. The summed E-state index contributed by atoms with van der Waals surface area (Å²) in [6.45, 7) is 6.85. The second kappa shape index (κ2) is 8.88. The van der Waals surface area contributed by atoms with Crippen LogP contribution in [-0.2, 0) is 11.2 Å². The number of furan rings is 1. The van der Waals surface area contributed by atoms with Crippen molar-refractivity contribution >= 4 is 27.8 Å². The summed E-state index contributed by atoms with van der Waals surface area (Å²) in [4.78, 5) is 28.3. The van der Waals surface area contributed by atoms with Crippen molar-refractivity contribution in [1.29, 1.82) is 0 Å². The maximum absolute atomic E-state index is 13.4. The predicted octanol–water partition coefficient (Wildman–Crippen LogP) is 5.83. The molecule has 6 nitrogen and oxygen atoms in total. The van der Waals surface area contributed by atoms with Crippen molar-refractivity contribution < 1.29 is 18.7 Å². The first-order chi connectivity index (χ1) is 17.8. The van der Waals surface area contributed by atoms with E-state index in [0.717, 1.165) is 64.5 Å². The highest BCUT2D eigenvalue weighted by molar-refractivity contribution is 6.06. The summed E-state index contributed by atoms with van der Waals surface area (Å²) in [7, 11) is 0. The van der Waals surface area contributed by atoms with E-state index in [1.807, 2.05) is 49.9 Å². The monoisotopic (exact) mass is 499 g/mol. The summed E-state index contributed by atoms with van der Waals surface area (Å²) >= 11 is 0. The van der Waals surface area contributed by atoms with Gasteiger partial charge in [0.05, 0.1) is 17.6 Å². The Morgan fingerprint density at radius 3 is 2.57 bits per heavy atom. The van der Waals surface area contributed by atoms with Crippen LogP contribution in [-0.4, -0.2) is 34.6 Å². The number of rotatable bonds is 3. The van der Waals surface area contributed by atoms with Crippen LogP contribution in [0.25, 0.3) is 33.1 Å². The number of benzene rings is 2. The Balaban J connectivity index is 1.39. The molecule has 1 aliphatic carbocycles. The van der Waals surface area contributed by atoms with Crippen molar-refractivity contribution in [2.75, 3.05) is 13.1 Å². The van der Waals surface area contributed by atoms with Crippen molar-refractivity contribution in [2.24, 2.45) is 5.92 Å². The molecule has 192 valence electrons. The number of nitrogens with zero attached hydrogens (tertiary/aromatic N) is 1. The summed E-state index contributed by atoms with van der Waals surface area (Å²) in [5.74, 6) is 0.844. The minimum absolute atomic E-state index is 0.00228. The Morgan fingerprint density at radius 2 is 1.78 bits per heavy atom. The van der Waals surface area contributed by atoms with Gasteiger partial charge in [0, 0.05) is 40.9 Å². The number of fused-ring (bicyclic) bond motifs is 3. The van der Waals surface area contributed by atoms with Gasteiger partial charge >= 0.3 is 5.63 Å². The van der Waals surface area contributed by atoms with Crippen molar-refractivity contribution in [3.63, 3.8) is 0 Å². The minimum atomic E-state index is -0.644. The van der Waals surface area contributed by atoms with Gasteiger partial charge in [0.25, 0.3) is 0 Å². The van der Waals surface area contributed by atoms with E-state index in [4.69, 9.17) is 8.83 Å². The molecule has 6 rings (SSSR count). The lowest BCUT2D eigenvalue weighted by Crippen LogP contribution is -2.55. The first-order valence-corrected chi connectivity index (χ1v) is 13.3. The number of carbonyl (C=O) groups is 1. The molecule has 0 unspecified atom stereocenters. The van der Waals surface area contributed by atoms with Crippen LogP contribution in [0.5, 0.6) is 0 Å². The predicted molar refractivity (Wildman–Crippen MR) is 144 cm³/mol. The van der Waals surface area contributed by atoms with E-state index >= 15 is 0 Å². The Kier molecular flexibility index (Phi) is 5.75. The van der Waals surface area contributed by atoms with Crippen LogP contribution in [0.2, 0.25) is 0 Å². The third kappa shape index (κ3) is 3.89. The fourth-order valence-electron chi connectivity index (χ4n) is 6.60. The zero-order valence-corrected chi connectivity index (χ0v) is 21.7. The number of hydrogen-bond acceptors (Lipinski definition) is 5. The van der Waals surface area contributed by atoms with Gasteiger partial charge in [0.1, 0.15) is 16.9 Å². The molecule has 1 amide bonds. The van der Waals surface area contributed by atoms with E-state index < -0.39 is 11.2 Å². The molecule has 0 spiro atoms. The Bertz CT molecular complexity index is 1580. The van der Waals surface area contributed by atoms with E-state index in [1.165, 1.54) is 0 Å². The van der Waals surface area contributed by atoms with Crippen LogP contribution in [0, 0.1) is 26.7 Å². The zero-order chi connectivity index (χ0) is 25.9. The lowest BCUT2D eigenvalue weighted by atomic mass is 9.71. The molecule has 1 saturated carbocycles. The third-order valence-electron chi connectivity index (χ3n) is 8.80. The van der Waals surface area contributed by atoms with Gasteiger partial charge in [-0.05, 0) is 57.2 Å². The number of likely N-dealkylation sites (tertiary alicyclic amines) is 1. The Labute approximate surface area is 215 Å². The fraction of sp³-hybridized carbons (Fsp3) is 0.419. The first kappa shape index (κ1) is 24.0. The minimum Gasteiger partial charge on any atom is -0.460 e. The van der Waals surface area contributed by atoms with Crippen LogP contribution < -0.4 is 5.63 Å². The van der Waals surface area contributed by atoms with E-state index in [2.05, 4.69) is 12.1 Å². The van der Waals surface area contributed by atoms with Crippen LogP contribution in [0.1, 0.15) is 54.6 Å². The topological polar surface area (TPSA) is 83.9 Å². The third-order valence-corrected chi connectivity index (χ3v) is 8.80. The van der Waals surface area contributed by atoms with Gasteiger partial charge in [0.15, 0.2) is 0 Å². The van der Waals surface area contributed by atoms with E-state index in [-0.39, 0.29) is 18.2 Å². The first-order valence-electron chi connectivity index (χ1n) is 13.3. The number of aliphatic hydroxyl groups is 1. The highest BCUT2D eigenvalue weighted by Crippen LogP contribution is 2.41. The summed E-state index contributed by atoms with van der Waals surface area (Å²) in [6, 6.07) is 12.1. The molecule has 2 fully saturated rings. The quantitative estimate of drug-likeness (QED) is 0.359. The van der Waals surface area contributed by atoms with Gasteiger partial charge in [-0.2, -0.15) is 0 Å². The summed E-state index contributed by atoms with van der Waals surface area (Å²) in [6.07, 6.45) is 4.51. The highest BCUT2D eigenvalue weighted by Gasteiger charge is 2.43. The lowest BCUT2D eigenvalue weighted by Gasteiger charge is -2.47. The van der Waals surface area contributed by atoms with Crippen molar-refractivity contribution in [3.05, 3.63) is 69.3 Å². The largest absolute Gasteiger partial charge is 0.460 e. The summed E-state index contributed by atoms with van der Waals surface area (Å²) < 4.78 is 12.0. The molecule has 2 aliphatic rings. The fourth-order valence-corrected chi connectivity index (χ4v) is 6.60. The summed E-state index contributed by atoms with van der Waals surface area (Å²) in [5, 5.41) is 12.8. The van der Waals surface area contributed by atoms with Gasteiger partial charge in [-0.15, -0.1) is 0 Å². The molecule has 2 aromatic carbocycles. The lowest BCUT2D eigenvalue weighted by molar-refractivity contribution is -0.142. The number of amides is 1. The van der Waals surface area contributed by atoms with Crippen LogP contribution in [0.4, 0.5) is 0 Å². The van der Waals surface area contributed by atoms with Gasteiger partial charge < -0.3 is 18.8 Å². The number of carbonyl (C=O) groups excluding carboxylic acids is 1. The van der Waals surface area contributed by atoms with Crippen LogP contribution in [0.15, 0.2) is 50.0 Å². The zero-order valence-electron chi connectivity index (χ0n) is 21.7. The van der Waals surface area contributed by atoms with E-state index in [9.17, 15) is 14.7 Å². The molecular formula is C31H33NO5. The molecular weight excluding hydrogens is 466 g/mol. The summed E-state index contributed by atoms with van der Waals surface area (Å²) in [5.41, 5.74) is 4.15. The molecule has 2 aromatic heterocycles. The van der Waals surface area contributed by atoms with Crippen molar-refractivity contribution in [2.45, 2.75) is 64.9 Å². The maximum Gasteiger partial charge on any atom is 0.340 e.